The molecule has 94 valence electrons. The van der Waals surface area contributed by atoms with Crippen molar-refractivity contribution in [2.45, 2.75) is 6.42 Å². The first-order chi connectivity index (χ1) is 8.54. The molecule has 0 aromatic heterocycles. The summed E-state index contributed by atoms with van der Waals surface area (Å²) in [6, 6.07) is 4.56. The second-order valence-corrected chi connectivity index (χ2v) is 3.85. The summed E-state index contributed by atoms with van der Waals surface area (Å²) in [6.45, 7) is -0.0910. The highest BCUT2D eigenvalue weighted by molar-refractivity contribution is 6.17. The van der Waals surface area contributed by atoms with Gasteiger partial charge in [-0.1, -0.05) is 6.07 Å². The lowest BCUT2D eigenvalue weighted by Gasteiger charge is -2.18. The topological polar surface area (TPSA) is 83.9 Å². The molecule has 0 unspecified atom stereocenters. The predicted octanol–water partition coefficient (Wildman–Crippen LogP) is 0.699. The number of aromatic carboxylic acids is 1. The average molecular weight is 249 g/mol. The lowest BCUT2D eigenvalue weighted by atomic mass is 10.1. The quantitative estimate of drug-likeness (QED) is 0.797. The van der Waals surface area contributed by atoms with Gasteiger partial charge in [0.15, 0.2) is 5.78 Å². The van der Waals surface area contributed by atoms with Crippen LogP contribution in [0.2, 0.25) is 0 Å². The molecular formula is C12H11NO5. The minimum Gasteiger partial charge on any atom is -0.496 e. The molecule has 1 aromatic carbocycles. The van der Waals surface area contributed by atoms with Crippen LogP contribution in [0.15, 0.2) is 18.2 Å². The molecule has 1 aliphatic rings. The molecule has 0 radical (unpaired) electrons. The van der Waals surface area contributed by atoms with Gasteiger partial charge in [-0.25, -0.2) is 4.79 Å². The van der Waals surface area contributed by atoms with Gasteiger partial charge in [-0.3, -0.25) is 9.59 Å². The maximum atomic E-state index is 11.6. The number of carbonyl (C=O) groups is 3. The van der Waals surface area contributed by atoms with E-state index in [4.69, 9.17) is 4.74 Å². The normalized spacial score (nSPS) is 15.1. The van der Waals surface area contributed by atoms with Crippen LogP contribution >= 0.6 is 0 Å². The van der Waals surface area contributed by atoms with Crippen molar-refractivity contribution in [2.75, 3.05) is 18.6 Å². The number of amides is 1. The molecule has 0 spiro atoms. The molecule has 6 nitrogen and oxygen atoms in total. The van der Waals surface area contributed by atoms with Crippen molar-refractivity contribution in [3.05, 3.63) is 23.8 Å². The molecule has 1 N–H and O–H groups in total. The first-order valence-corrected chi connectivity index (χ1v) is 5.27. The van der Waals surface area contributed by atoms with Gasteiger partial charge in [0.05, 0.1) is 25.8 Å². The Hall–Kier alpha value is -2.37. The van der Waals surface area contributed by atoms with Gasteiger partial charge in [0, 0.05) is 0 Å². The van der Waals surface area contributed by atoms with E-state index in [-0.39, 0.29) is 35.7 Å². The molecule has 1 saturated heterocycles. The van der Waals surface area contributed by atoms with Crippen molar-refractivity contribution in [2.24, 2.45) is 0 Å². The van der Waals surface area contributed by atoms with Crippen LogP contribution in [-0.2, 0) is 9.59 Å². The molecule has 1 amide bonds. The molecule has 0 aliphatic carbocycles. The number of Topliss-reactive ketones (excluding diaryl/α,β-unsaturated/α-hetero) is 1. The summed E-state index contributed by atoms with van der Waals surface area (Å²) in [5.41, 5.74) is 0.0840. The number of hydrogen-bond donors (Lipinski definition) is 1. The van der Waals surface area contributed by atoms with Crippen molar-refractivity contribution < 1.29 is 24.2 Å². The minimum atomic E-state index is -1.20. The SMILES string of the molecule is COc1cccc(N2CC(=O)CC2=O)c1C(=O)O. The van der Waals surface area contributed by atoms with E-state index in [1.54, 1.807) is 6.07 Å². The number of nitrogens with zero attached hydrogens (tertiary/aromatic N) is 1. The second kappa shape index (κ2) is 4.48. The molecule has 0 atom stereocenters. The van der Waals surface area contributed by atoms with E-state index in [2.05, 4.69) is 0 Å². The van der Waals surface area contributed by atoms with Crippen LogP contribution in [0.3, 0.4) is 0 Å². The zero-order valence-corrected chi connectivity index (χ0v) is 9.67. The van der Waals surface area contributed by atoms with Crippen LogP contribution in [0.1, 0.15) is 16.8 Å². The predicted molar refractivity (Wildman–Crippen MR) is 61.9 cm³/mol. The summed E-state index contributed by atoms with van der Waals surface area (Å²) in [4.78, 5) is 35.3. The third-order valence-electron chi connectivity index (χ3n) is 2.71. The number of hydrogen-bond acceptors (Lipinski definition) is 4. The summed E-state index contributed by atoms with van der Waals surface area (Å²) in [5.74, 6) is -1.66. The molecule has 1 aromatic rings. The Bertz CT molecular complexity index is 537. The van der Waals surface area contributed by atoms with Crippen LogP contribution in [0.25, 0.3) is 0 Å². The first-order valence-electron chi connectivity index (χ1n) is 5.27. The highest BCUT2D eigenvalue weighted by Gasteiger charge is 2.32. The highest BCUT2D eigenvalue weighted by atomic mass is 16.5. The number of carboxylic acid groups (broad SMARTS) is 1. The van der Waals surface area contributed by atoms with E-state index >= 15 is 0 Å². The van der Waals surface area contributed by atoms with Gasteiger partial charge in [0.2, 0.25) is 5.91 Å². The molecule has 2 rings (SSSR count). The molecule has 0 saturated carbocycles. The van der Waals surface area contributed by atoms with E-state index in [9.17, 15) is 19.5 Å². The zero-order valence-electron chi connectivity index (χ0n) is 9.67. The minimum absolute atomic E-state index is 0.0910. The Morgan fingerprint density at radius 1 is 1.39 bits per heavy atom. The molecule has 0 bridgehead atoms. The number of methoxy groups -OCH3 is 1. The summed E-state index contributed by atoms with van der Waals surface area (Å²) in [5, 5.41) is 9.19. The van der Waals surface area contributed by atoms with E-state index in [1.165, 1.54) is 24.1 Å². The maximum Gasteiger partial charge on any atom is 0.341 e. The van der Waals surface area contributed by atoms with Crippen molar-refractivity contribution in [3.8, 4) is 5.75 Å². The first kappa shape index (κ1) is 12.1. The average Bonchev–Trinajstić information content (AvgIpc) is 2.67. The largest absolute Gasteiger partial charge is 0.496 e. The van der Waals surface area contributed by atoms with Gasteiger partial charge < -0.3 is 14.7 Å². The monoisotopic (exact) mass is 249 g/mol. The number of carboxylic acids is 1. The van der Waals surface area contributed by atoms with Crippen molar-refractivity contribution >= 4 is 23.3 Å². The molecular weight excluding hydrogens is 238 g/mol. The second-order valence-electron chi connectivity index (χ2n) is 3.85. The van der Waals surface area contributed by atoms with E-state index < -0.39 is 11.9 Å². The van der Waals surface area contributed by atoms with Crippen molar-refractivity contribution in [3.63, 3.8) is 0 Å². The smallest absolute Gasteiger partial charge is 0.341 e. The van der Waals surface area contributed by atoms with Crippen molar-refractivity contribution in [1.29, 1.82) is 0 Å². The Labute approximate surface area is 103 Å². The molecule has 1 heterocycles. The lowest BCUT2D eigenvalue weighted by Crippen LogP contribution is -2.26. The third kappa shape index (κ3) is 1.92. The standard InChI is InChI=1S/C12H11NO5/c1-18-9-4-2-3-8(11(9)12(16)17)13-6-7(14)5-10(13)15/h2-4H,5-6H2,1H3,(H,16,17). The summed E-state index contributed by atoms with van der Waals surface area (Å²) in [7, 11) is 1.35. The highest BCUT2D eigenvalue weighted by Crippen LogP contribution is 2.31. The van der Waals surface area contributed by atoms with Gasteiger partial charge in [0.25, 0.3) is 0 Å². The Balaban J connectivity index is 2.54. The zero-order chi connectivity index (χ0) is 13.3. The van der Waals surface area contributed by atoms with Crippen LogP contribution in [0.4, 0.5) is 5.69 Å². The van der Waals surface area contributed by atoms with Gasteiger partial charge in [0.1, 0.15) is 11.3 Å². The van der Waals surface area contributed by atoms with E-state index in [1.807, 2.05) is 0 Å². The molecule has 18 heavy (non-hydrogen) atoms. The van der Waals surface area contributed by atoms with Gasteiger partial charge in [-0.15, -0.1) is 0 Å². The van der Waals surface area contributed by atoms with Gasteiger partial charge in [-0.2, -0.15) is 0 Å². The van der Waals surface area contributed by atoms with E-state index in [0.29, 0.717) is 0 Å². The summed E-state index contributed by atoms with van der Waals surface area (Å²) < 4.78 is 4.97. The fourth-order valence-electron chi connectivity index (χ4n) is 1.93. The molecule has 1 fully saturated rings. The number of benzene rings is 1. The number of anilines is 1. The molecule has 1 aliphatic heterocycles. The van der Waals surface area contributed by atoms with Crippen LogP contribution in [-0.4, -0.2) is 36.4 Å². The number of carbonyl (C=O) groups excluding carboxylic acids is 2. The third-order valence-corrected chi connectivity index (χ3v) is 2.71. The van der Waals surface area contributed by atoms with Gasteiger partial charge >= 0.3 is 5.97 Å². The number of rotatable bonds is 3. The molecule has 6 heteroatoms. The fraction of sp³-hybridized carbons (Fsp3) is 0.250. The van der Waals surface area contributed by atoms with Gasteiger partial charge in [-0.05, 0) is 12.1 Å². The van der Waals surface area contributed by atoms with Crippen LogP contribution in [0, 0.1) is 0 Å². The number of ether oxygens (including phenoxy) is 1. The summed E-state index contributed by atoms with van der Waals surface area (Å²) >= 11 is 0. The Morgan fingerprint density at radius 3 is 2.61 bits per heavy atom. The maximum absolute atomic E-state index is 11.6. The number of ketones is 1. The Kier molecular flexibility index (Phi) is 3.01. The van der Waals surface area contributed by atoms with Crippen LogP contribution < -0.4 is 9.64 Å². The Morgan fingerprint density at radius 2 is 2.11 bits per heavy atom. The van der Waals surface area contributed by atoms with E-state index in [0.717, 1.165) is 0 Å². The van der Waals surface area contributed by atoms with Crippen molar-refractivity contribution in [1.82, 2.24) is 0 Å². The lowest BCUT2D eigenvalue weighted by molar-refractivity contribution is -0.121. The van der Waals surface area contributed by atoms with Crippen LogP contribution in [0.5, 0.6) is 5.75 Å². The fourth-order valence-corrected chi connectivity index (χ4v) is 1.93. The summed E-state index contributed by atoms with van der Waals surface area (Å²) in [6.07, 6.45) is -0.184.